The molecule has 0 bridgehead atoms. The summed E-state index contributed by atoms with van der Waals surface area (Å²) in [4.78, 5) is 0. The van der Waals surface area contributed by atoms with Crippen molar-refractivity contribution in [1.29, 1.82) is 0 Å². The largest absolute Gasteiger partial charge is 0.508 e. The molecule has 0 amide bonds. The molecule has 1 fully saturated rings. The molecule has 1 saturated heterocycles. The Morgan fingerprint density at radius 1 is 1.04 bits per heavy atom. The maximum absolute atomic E-state index is 9.34. The quantitative estimate of drug-likeness (QED) is 0.874. The molecule has 1 N–H and O–H groups in total. The van der Waals surface area contributed by atoms with E-state index < -0.39 is 0 Å². The second-order valence-corrected chi connectivity index (χ2v) is 6.16. The van der Waals surface area contributed by atoms with Gasteiger partial charge in [0.2, 0.25) is 0 Å². The van der Waals surface area contributed by atoms with Crippen molar-refractivity contribution in [1.82, 2.24) is 0 Å². The number of phenols is 1. The Bertz CT molecular complexity index is 604. The van der Waals surface area contributed by atoms with Crippen LogP contribution in [0.15, 0.2) is 48.5 Å². The molecule has 2 atom stereocenters. The fourth-order valence-corrected chi connectivity index (χ4v) is 3.17. The highest BCUT2D eigenvalue weighted by atomic mass is 16.5. The molecular weight excluding hydrogens is 288 g/mol. The molecule has 1 aliphatic heterocycles. The van der Waals surface area contributed by atoms with Crippen LogP contribution >= 0.6 is 0 Å². The van der Waals surface area contributed by atoms with E-state index in [-0.39, 0.29) is 6.10 Å². The van der Waals surface area contributed by atoms with Crippen LogP contribution in [0.25, 0.3) is 0 Å². The molecule has 3 rings (SSSR count). The molecular formula is C20H24O3. The fraction of sp³-hybridized carbons (Fsp3) is 0.400. The summed E-state index contributed by atoms with van der Waals surface area (Å²) < 4.78 is 11.5. The van der Waals surface area contributed by atoms with Crippen LogP contribution < -0.4 is 4.74 Å². The lowest BCUT2D eigenvalue weighted by atomic mass is 9.95. The topological polar surface area (TPSA) is 38.7 Å². The van der Waals surface area contributed by atoms with Gasteiger partial charge in [0.15, 0.2) is 0 Å². The van der Waals surface area contributed by atoms with Crippen molar-refractivity contribution in [2.45, 2.75) is 44.3 Å². The molecule has 0 saturated carbocycles. The first-order chi connectivity index (χ1) is 11.2. The minimum atomic E-state index is 0.194. The fourth-order valence-electron chi connectivity index (χ4n) is 3.17. The highest BCUT2D eigenvalue weighted by molar-refractivity contribution is 5.29. The number of rotatable bonds is 5. The first-order valence-corrected chi connectivity index (χ1v) is 8.32. The van der Waals surface area contributed by atoms with E-state index in [4.69, 9.17) is 9.47 Å². The van der Waals surface area contributed by atoms with Crippen LogP contribution in [0, 0.1) is 0 Å². The number of aryl methyl sites for hydroxylation is 1. The number of methoxy groups -OCH3 is 1. The molecule has 2 aromatic rings. The summed E-state index contributed by atoms with van der Waals surface area (Å²) in [6.45, 7) is 0. The molecule has 0 aromatic heterocycles. The smallest absolute Gasteiger partial charge is 0.118 e. The van der Waals surface area contributed by atoms with Crippen molar-refractivity contribution in [2.75, 3.05) is 7.11 Å². The standard InChI is InChI=1S/C20H24O3/c1-22-18-13-8-16(9-14-18)20-4-2-3-19(23-20)12-7-15-5-10-17(21)11-6-15/h5-6,8-11,13-14,19-21H,2-4,7,12H2,1H3/t19-,20?/m1/s1. The van der Waals surface area contributed by atoms with Crippen molar-refractivity contribution < 1.29 is 14.6 Å². The van der Waals surface area contributed by atoms with E-state index in [0.717, 1.165) is 31.4 Å². The summed E-state index contributed by atoms with van der Waals surface area (Å²) in [7, 11) is 1.69. The third-order valence-corrected chi connectivity index (χ3v) is 4.53. The Labute approximate surface area is 137 Å². The third-order valence-electron chi connectivity index (χ3n) is 4.53. The van der Waals surface area contributed by atoms with Crippen LogP contribution in [0.4, 0.5) is 0 Å². The average molecular weight is 312 g/mol. The zero-order valence-electron chi connectivity index (χ0n) is 13.6. The van der Waals surface area contributed by atoms with Gasteiger partial charge in [-0.1, -0.05) is 24.3 Å². The van der Waals surface area contributed by atoms with Crippen LogP contribution in [-0.2, 0) is 11.2 Å². The zero-order chi connectivity index (χ0) is 16.1. The molecule has 3 nitrogen and oxygen atoms in total. The van der Waals surface area contributed by atoms with Gasteiger partial charge >= 0.3 is 0 Å². The van der Waals surface area contributed by atoms with Gasteiger partial charge in [-0.3, -0.25) is 0 Å². The van der Waals surface area contributed by atoms with Gasteiger partial charge in [0.25, 0.3) is 0 Å². The summed E-state index contributed by atoms with van der Waals surface area (Å²) in [6.07, 6.45) is 5.94. The Hall–Kier alpha value is -2.00. The molecule has 1 unspecified atom stereocenters. The Morgan fingerprint density at radius 2 is 1.78 bits per heavy atom. The number of phenolic OH excluding ortho intramolecular Hbond substituents is 1. The number of ether oxygens (including phenoxy) is 2. The molecule has 2 aromatic carbocycles. The summed E-state index contributed by atoms with van der Waals surface area (Å²) in [6, 6.07) is 15.7. The first-order valence-electron chi connectivity index (χ1n) is 8.32. The lowest BCUT2D eigenvalue weighted by Crippen LogP contribution is -2.23. The number of aromatic hydroxyl groups is 1. The lowest BCUT2D eigenvalue weighted by molar-refractivity contribution is -0.0546. The molecule has 122 valence electrons. The monoisotopic (exact) mass is 312 g/mol. The third kappa shape index (κ3) is 4.26. The predicted molar refractivity (Wildman–Crippen MR) is 90.9 cm³/mol. The van der Waals surface area contributed by atoms with Gasteiger partial charge in [-0.2, -0.15) is 0 Å². The van der Waals surface area contributed by atoms with Crippen LogP contribution in [0.3, 0.4) is 0 Å². The van der Waals surface area contributed by atoms with Crippen molar-refractivity contribution in [3.63, 3.8) is 0 Å². The molecule has 0 spiro atoms. The van der Waals surface area contributed by atoms with Crippen molar-refractivity contribution >= 4 is 0 Å². The highest BCUT2D eigenvalue weighted by Gasteiger charge is 2.23. The molecule has 1 heterocycles. The number of benzene rings is 2. The lowest BCUT2D eigenvalue weighted by Gasteiger charge is -2.30. The van der Waals surface area contributed by atoms with Crippen LogP contribution in [0.5, 0.6) is 11.5 Å². The van der Waals surface area contributed by atoms with Crippen LogP contribution in [-0.4, -0.2) is 18.3 Å². The normalized spacial score (nSPS) is 21.1. The summed E-state index contributed by atoms with van der Waals surface area (Å²) in [5.41, 5.74) is 2.48. The van der Waals surface area contributed by atoms with E-state index in [0.29, 0.717) is 11.9 Å². The summed E-state index contributed by atoms with van der Waals surface area (Å²) >= 11 is 0. The van der Waals surface area contributed by atoms with E-state index in [2.05, 4.69) is 12.1 Å². The molecule has 3 heteroatoms. The van der Waals surface area contributed by atoms with Crippen molar-refractivity contribution in [2.24, 2.45) is 0 Å². The van der Waals surface area contributed by atoms with Crippen molar-refractivity contribution in [3.05, 3.63) is 59.7 Å². The SMILES string of the molecule is COc1ccc(C2CCC[C@H](CCc3ccc(O)cc3)O2)cc1. The van der Waals surface area contributed by atoms with Gasteiger partial charge in [0.1, 0.15) is 11.5 Å². The predicted octanol–water partition coefficient (Wildman–Crippen LogP) is 4.64. The second kappa shape index (κ2) is 7.51. The first kappa shape index (κ1) is 15.9. The molecule has 23 heavy (non-hydrogen) atoms. The minimum absolute atomic E-state index is 0.194. The molecule has 1 aliphatic rings. The average Bonchev–Trinajstić information content (AvgIpc) is 2.61. The minimum Gasteiger partial charge on any atom is -0.508 e. The van der Waals surface area contributed by atoms with Gasteiger partial charge in [-0.25, -0.2) is 0 Å². The Morgan fingerprint density at radius 3 is 2.48 bits per heavy atom. The van der Waals surface area contributed by atoms with Gasteiger partial charge in [-0.15, -0.1) is 0 Å². The van der Waals surface area contributed by atoms with E-state index in [1.165, 1.54) is 17.5 Å². The Balaban J connectivity index is 1.56. The van der Waals surface area contributed by atoms with Gasteiger partial charge < -0.3 is 14.6 Å². The molecule has 0 aliphatic carbocycles. The number of hydrogen-bond donors (Lipinski definition) is 1. The van der Waals surface area contributed by atoms with Crippen LogP contribution in [0.2, 0.25) is 0 Å². The van der Waals surface area contributed by atoms with Crippen molar-refractivity contribution in [3.8, 4) is 11.5 Å². The summed E-state index contributed by atoms with van der Waals surface area (Å²) in [5.74, 6) is 1.20. The van der Waals surface area contributed by atoms with Gasteiger partial charge in [-0.05, 0) is 67.5 Å². The van der Waals surface area contributed by atoms with E-state index in [1.54, 1.807) is 19.2 Å². The van der Waals surface area contributed by atoms with E-state index in [1.807, 2.05) is 24.3 Å². The molecule has 0 radical (unpaired) electrons. The van der Waals surface area contributed by atoms with Gasteiger partial charge in [0.05, 0.1) is 19.3 Å². The Kier molecular flexibility index (Phi) is 5.19. The van der Waals surface area contributed by atoms with Gasteiger partial charge in [0, 0.05) is 0 Å². The van der Waals surface area contributed by atoms with E-state index >= 15 is 0 Å². The number of hydrogen-bond acceptors (Lipinski definition) is 3. The second-order valence-electron chi connectivity index (χ2n) is 6.16. The zero-order valence-corrected chi connectivity index (χ0v) is 13.6. The maximum atomic E-state index is 9.34. The highest BCUT2D eigenvalue weighted by Crippen LogP contribution is 2.33. The van der Waals surface area contributed by atoms with E-state index in [9.17, 15) is 5.11 Å². The summed E-state index contributed by atoms with van der Waals surface area (Å²) in [5, 5.41) is 9.34. The van der Waals surface area contributed by atoms with Crippen LogP contribution in [0.1, 0.15) is 42.9 Å². The maximum Gasteiger partial charge on any atom is 0.118 e.